The fourth-order valence-corrected chi connectivity index (χ4v) is 6.88. The number of rotatable bonds is 2. The number of nitrogens with one attached hydrogen (secondary N) is 1. The lowest BCUT2D eigenvalue weighted by Gasteiger charge is -2.40. The van der Waals surface area contributed by atoms with Gasteiger partial charge in [-0.1, -0.05) is 56.3 Å². The summed E-state index contributed by atoms with van der Waals surface area (Å²) in [5.41, 5.74) is 4.80. The quantitative estimate of drug-likeness (QED) is 0.469. The first kappa shape index (κ1) is 26.3. The van der Waals surface area contributed by atoms with Crippen molar-refractivity contribution in [3.8, 4) is 5.75 Å². The molecule has 1 N–H and O–H groups in total. The molecular weight excluding hydrogens is 530 g/mol. The summed E-state index contributed by atoms with van der Waals surface area (Å²) in [5.74, 6) is 0.365. The largest absolute Gasteiger partial charge is 0.426 e. The molecule has 42 heavy (non-hydrogen) atoms. The van der Waals surface area contributed by atoms with Gasteiger partial charge < -0.3 is 19.9 Å². The lowest BCUT2D eigenvalue weighted by Crippen LogP contribution is -2.63. The molecular formula is C33H33N5O4. The molecule has 0 saturated carbocycles. The summed E-state index contributed by atoms with van der Waals surface area (Å²) in [7, 11) is 4.85. The van der Waals surface area contributed by atoms with Crippen LogP contribution in [0.3, 0.4) is 0 Å². The van der Waals surface area contributed by atoms with E-state index in [0.29, 0.717) is 12.2 Å². The van der Waals surface area contributed by atoms with Gasteiger partial charge in [-0.05, 0) is 51.9 Å². The molecule has 214 valence electrons. The number of urea groups is 1. The van der Waals surface area contributed by atoms with Crippen LogP contribution in [0.15, 0.2) is 71.2 Å². The van der Waals surface area contributed by atoms with E-state index < -0.39 is 18.2 Å². The average molecular weight is 564 g/mol. The summed E-state index contributed by atoms with van der Waals surface area (Å²) in [4.78, 5) is 48.0. The van der Waals surface area contributed by atoms with E-state index >= 15 is 0 Å². The molecule has 7 rings (SSSR count). The van der Waals surface area contributed by atoms with E-state index in [-0.39, 0.29) is 29.2 Å². The number of carbonyl (C=O) groups is 3. The van der Waals surface area contributed by atoms with E-state index in [1.54, 1.807) is 19.0 Å². The minimum Gasteiger partial charge on any atom is -0.426 e. The number of benzene rings is 3. The number of amides is 3. The second kappa shape index (κ2) is 9.17. The second-order valence-corrected chi connectivity index (χ2v) is 12.5. The second-order valence-electron chi connectivity index (χ2n) is 12.5. The van der Waals surface area contributed by atoms with E-state index in [2.05, 4.69) is 48.4 Å². The zero-order valence-corrected chi connectivity index (χ0v) is 24.3. The molecule has 3 aliphatic heterocycles. The third-order valence-electron chi connectivity index (χ3n) is 8.95. The molecule has 0 spiro atoms. The number of ether oxygens (including phenoxy) is 1. The summed E-state index contributed by atoms with van der Waals surface area (Å²) < 4.78 is 6.24. The van der Waals surface area contributed by atoms with E-state index in [9.17, 15) is 14.4 Å². The number of amidine groups is 1. The predicted molar refractivity (Wildman–Crippen MR) is 161 cm³/mol. The molecule has 1 fully saturated rings. The van der Waals surface area contributed by atoms with Crippen LogP contribution in [0.2, 0.25) is 0 Å². The average Bonchev–Trinajstić information content (AvgIpc) is 3.29. The first-order valence-corrected chi connectivity index (χ1v) is 14.2. The smallest absolute Gasteiger partial charge is 0.328 e. The molecule has 9 heteroatoms. The topological polar surface area (TPSA) is 94.5 Å². The highest BCUT2D eigenvalue weighted by Gasteiger charge is 2.50. The van der Waals surface area contributed by atoms with Gasteiger partial charge >= 0.3 is 6.03 Å². The number of fused-ring (bicyclic) bond motifs is 5. The highest BCUT2D eigenvalue weighted by Crippen LogP contribution is 2.52. The molecule has 1 saturated heterocycles. The lowest BCUT2D eigenvalue weighted by molar-refractivity contribution is -0.135. The van der Waals surface area contributed by atoms with Crippen LogP contribution in [-0.4, -0.2) is 71.8 Å². The zero-order valence-electron chi connectivity index (χ0n) is 24.3. The number of hydrogen-bond donors (Lipinski definition) is 1. The Morgan fingerprint density at radius 3 is 2.52 bits per heavy atom. The van der Waals surface area contributed by atoms with Gasteiger partial charge in [-0.3, -0.25) is 14.5 Å². The van der Waals surface area contributed by atoms with Crippen LogP contribution in [-0.2, 0) is 9.59 Å². The van der Waals surface area contributed by atoms with Crippen LogP contribution < -0.4 is 10.1 Å². The van der Waals surface area contributed by atoms with Crippen molar-refractivity contribution in [1.29, 1.82) is 0 Å². The number of hydrogen-bond acceptors (Lipinski definition) is 7. The van der Waals surface area contributed by atoms with Crippen LogP contribution in [0, 0.1) is 5.41 Å². The maximum absolute atomic E-state index is 13.8. The van der Waals surface area contributed by atoms with Crippen molar-refractivity contribution < 1.29 is 19.1 Å². The molecule has 3 aromatic rings. The zero-order chi connectivity index (χ0) is 29.5. The number of Topliss-reactive ketones (excluding diaryl/α,β-unsaturated/α-hetero) is 1. The maximum Gasteiger partial charge on any atom is 0.328 e. The number of allylic oxidation sites excluding steroid dienone is 1. The van der Waals surface area contributed by atoms with Crippen molar-refractivity contribution >= 4 is 45.8 Å². The van der Waals surface area contributed by atoms with Crippen LogP contribution >= 0.6 is 0 Å². The third-order valence-corrected chi connectivity index (χ3v) is 8.95. The number of likely N-dealkylation sites (N-methyl/N-ethyl adjacent to an activating group) is 3. The standard InChI is InChI=1S/C33H33N5O4/c1-33(2)16-22-25-21-12-7-6-9-18(21)13-14-23(25)34-27(26(22)24(39)17-33)19-10-8-11-20(15-19)42-31-35-29-28(36(31)3)30(40)38(5)32(41)37(29)4/h6-15,27-29,34H,16-17H2,1-5H3/t27-,28-,29+/m0/s1. The highest BCUT2D eigenvalue weighted by molar-refractivity contribution is 6.13. The predicted octanol–water partition coefficient (Wildman–Crippen LogP) is 5.05. The summed E-state index contributed by atoms with van der Waals surface area (Å²) in [6, 6.07) is 19.1. The Labute approximate surface area is 244 Å². The van der Waals surface area contributed by atoms with Gasteiger partial charge in [0.1, 0.15) is 5.75 Å². The summed E-state index contributed by atoms with van der Waals surface area (Å²) >= 11 is 0. The Balaban J connectivity index is 1.27. The first-order chi connectivity index (χ1) is 20.0. The summed E-state index contributed by atoms with van der Waals surface area (Å²) in [6.45, 7) is 4.32. The minimum absolute atomic E-state index is 0.140. The van der Waals surface area contributed by atoms with Crippen molar-refractivity contribution in [2.75, 3.05) is 26.5 Å². The Bertz CT molecular complexity index is 1760. The summed E-state index contributed by atoms with van der Waals surface area (Å²) in [6.07, 6.45) is 0.633. The molecule has 3 atom stereocenters. The SMILES string of the molecule is CN1C(=O)[C@@H]2[C@H](N=C(Oc3cccc([C@@H]4Nc5ccc6ccccc6c5C5=C4C(=O)CC(C)(C)C5)c3)N2C)N(C)C1=O. The monoisotopic (exact) mass is 563 g/mol. The Hall–Kier alpha value is -4.66. The minimum atomic E-state index is -0.661. The molecule has 3 heterocycles. The molecule has 3 amide bonds. The van der Waals surface area contributed by atoms with Crippen molar-refractivity contribution in [1.82, 2.24) is 14.7 Å². The number of imide groups is 1. The fourth-order valence-electron chi connectivity index (χ4n) is 6.88. The third kappa shape index (κ3) is 3.90. The lowest BCUT2D eigenvalue weighted by atomic mass is 9.68. The normalized spacial score (nSPS) is 24.8. The number of aliphatic imine (C=N–C) groups is 1. The van der Waals surface area contributed by atoms with Crippen LogP contribution in [0.1, 0.15) is 43.9 Å². The molecule has 0 unspecified atom stereocenters. The van der Waals surface area contributed by atoms with E-state index in [4.69, 9.17) is 4.74 Å². The van der Waals surface area contributed by atoms with Crippen molar-refractivity contribution in [2.24, 2.45) is 10.4 Å². The van der Waals surface area contributed by atoms with Gasteiger partial charge in [0.2, 0.25) is 0 Å². The Morgan fingerprint density at radius 1 is 0.929 bits per heavy atom. The molecule has 4 aliphatic rings. The molecule has 1 aliphatic carbocycles. The molecule has 0 aromatic heterocycles. The van der Waals surface area contributed by atoms with Gasteiger partial charge in [0, 0.05) is 44.4 Å². The molecule has 3 aromatic carbocycles. The van der Waals surface area contributed by atoms with Gasteiger partial charge in [-0.15, -0.1) is 0 Å². The van der Waals surface area contributed by atoms with Crippen molar-refractivity contribution in [2.45, 2.75) is 44.9 Å². The van der Waals surface area contributed by atoms with Crippen LogP contribution in [0.5, 0.6) is 5.75 Å². The molecule has 0 bridgehead atoms. The van der Waals surface area contributed by atoms with Gasteiger partial charge in [0.05, 0.1) is 6.04 Å². The Morgan fingerprint density at radius 2 is 1.71 bits per heavy atom. The Kier molecular flexibility index (Phi) is 5.73. The van der Waals surface area contributed by atoms with Crippen LogP contribution in [0.25, 0.3) is 16.3 Å². The number of ketones is 1. The number of carbonyl (C=O) groups excluding carboxylic acids is 3. The van der Waals surface area contributed by atoms with Crippen molar-refractivity contribution in [3.05, 3.63) is 77.4 Å². The van der Waals surface area contributed by atoms with Gasteiger partial charge in [0.15, 0.2) is 18.0 Å². The van der Waals surface area contributed by atoms with Crippen LogP contribution in [0.4, 0.5) is 10.5 Å². The van der Waals surface area contributed by atoms with Gasteiger partial charge in [-0.25, -0.2) is 9.79 Å². The fraction of sp³-hybridized carbons (Fsp3) is 0.333. The van der Waals surface area contributed by atoms with Crippen molar-refractivity contribution in [3.63, 3.8) is 0 Å². The number of nitrogens with zero attached hydrogens (tertiary/aromatic N) is 4. The molecule has 0 radical (unpaired) electrons. The van der Waals surface area contributed by atoms with E-state index in [0.717, 1.165) is 50.1 Å². The summed E-state index contributed by atoms with van der Waals surface area (Å²) in [5, 5.41) is 5.97. The van der Waals surface area contributed by atoms with Gasteiger partial charge in [-0.2, -0.15) is 0 Å². The molecule has 9 nitrogen and oxygen atoms in total. The highest BCUT2D eigenvalue weighted by atomic mass is 16.5. The van der Waals surface area contributed by atoms with Gasteiger partial charge in [0.25, 0.3) is 11.9 Å². The number of anilines is 1. The first-order valence-electron chi connectivity index (χ1n) is 14.2. The van der Waals surface area contributed by atoms with E-state index in [1.165, 1.54) is 11.9 Å². The maximum atomic E-state index is 13.8. The van der Waals surface area contributed by atoms with E-state index in [1.807, 2.05) is 36.4 Å².